The van der Waals surface area contributed by atoms with E-state index in [0.29, 0.717) is 3.57 Å². The van der Waals surface area contributed by atoms with Crippen LogP contribution in [0.1, 0.15) is 5.56 Å². The third-order valence-electron chi connectivity index (χ3n) is 1.56. The summed E-state index contributed by atoms with van der Waals surface area (Å²) in [6.07, 6.45) is -4.83. The molecule has 0 aliphatic heterocycles. The summed E-state index contributed by atoms with van der Waals surface area (Å²) >= 11 is 1.86. The quantitative estimate of drug-likeness (QED) is 0.781. The highest BCUT2D eigenvalue weighted by molar-refractivity contribution is 14.1. The van der Waals surface area contributed by atoms with Crippen molar-refractivity contribution in [2.75, 3.05) is 0 Å². The van der Waals surface area contributed by atoms with Gasteiger partial charge in [-0.05, 0) is 34.7 Å². The lowest BCUT2D eigenvalue weighted by atomic mass is 10.1. The summed E-state index contributed by atoms with van der Waals surface area (Å²) in [7, 11) is 0. The van der Waals surface area contributed by atoms with Crippen molar-refractivity contribution in [2.24, 2.45) is 0 Å². The number of halogens is 4. The number of hydrogen-bond donors (Lipinski definition) is 0. The molecule has 15 heavy (non-hydrogen) atoms. The van der Waals surface area contributed by atoms with Crippen LogP contribution >= 0.6 is 22.6 Å². The lowest BCUT2D eigenvalue weighted by Crippen LogP contribution is -2.18. The number of ether oxygens (including phenoxy) is 1. The van der Waals surface area contributed by atoms with Crippen molar-refractivity contribution in [1.82, 2.24) is 0 Å². The molecule has 0 aromatic heterocycles. The molecule has 0 bridgehead atoms. The number of hydrogen-bond acceptors (Lipinski definition) is 2. The maximum atomic E-state index is 12.0. The van der Waals surface area contributed by atoms with Gasteiger partial charge < -0.3 is 4.74 Å². The maximum Gasteiger partial charge on any atom is 0.573 e. The Balaban J connectivity index is 3.07. The monoisotopic (exact) mass is 327 g/mol. The molecule has 6 heteroatoms. The van der Waals surface area contributed by atoms with Crippen LogP contribution in [0.15, 0.2) is 18.2 Å². The van der Waals surface area contributed by atoms with Crippen molar-refractivity contribution < 1.29 is 17.9 Å². The minimum atomic E-state index is -4.73. The number of rotatable bonds is 2. The van der Waals surface area contributed by atoms with Crippen molar-refractivity contribution >= 4 is 22.6 Å². The molecule has 1 aromatic rings. The fraction of sp³-hybridized carbons (Fsp3) is 0.222. The zero-order valence-electron chi connectivity index (χ0n) is 7.31. The molecule has 0 fully saturated rings. The third kappa shape index (κ3) is 3.58. The second-order valence-corrected chi connectivity index (χ2v) is 3.76. The Morgan fingerprint density at radius 1 is 1.40 bits per heavy atom. The minimum absolute atomic E-state index is 0.107. The van der Waals surface area contributed by atoms with Gasteiger partial charge in [-0.15, -0.1) is 13.2 Å². The first kappa shape index (κ1) is 12.1. The van der Waals surface area contributed by atoms with E-state index in [1.807, 2.05) is 22.6 Å². The summed E-state index contributed by atoms with van der Waals surface area (Å²) in [4.78, 5) is 0. The van der Waals surface area contributed by atoms with Crippen LogP contribution in [-0.4, -0.2) is 6.36 Å². The molecule has 2 nitrogen and oxygen atoms in total. The average molecular weight is 327 g/mol. The van der Waals surface area contributed by atoms with Crippen LogP contribution in [0.2, 0.25) is 0 Å². The van der Waals surface area contributed by atoms with Crippen LogP contribution in [0.25, 0.3) is 0 Å². The molecule has 0 aliphatic rings. The third-order valence-corrected chi connectivity index (χ3v) is 2.57. The number of alkyl halides is 3. The van der Waals surface area contributed by atoms with Crippen molar-refractivity contribution in [2.45, 2.75) is 12.8 Å². The van der Waals surface area contributed by atoms with Gasteiger partial charge in [0.1, 0.15) is 5.75 Å². The molecule has 1 aromatic carbocycles. The predicted molar refractivity (Wildman–Crippen MR) is 55.2 cm³/mol. The number of nitrogens with zero attached hydrogens (tertiary/aromatic N) is 1. The Kier molecular flexibility index (Phi) is 3.79. The molecule has 80 valence electrons. The zero-order valence-corrected chi connectivity index (χ0v) is 9.46. The van der Waals surface area contributed by atoms with Gasteiger partial charge >= 0.3 is 6.36 Å². The van der Waals surface area contributed by atoms with Gasteiger partial charge in [0.15, 0.2) is 0 Å². The molecule has 1 rings (SSSR count). The van der Waals surface area contributed by atoms with Gasteiger partial charge in [0.2, 0.25) is 0 Å². The van der Waals surface area contributed by atoms with Crippen molar-refractivity contribution in [1.29, 1.82) is 5.26 Å². The molecule has 0 radical (unpaired) electrons. The molecule has 0 saturated carbocycles. The van der Waals surface area contributed by atoms with Gasteiger partial charge in [-0.1, -0.05) is 6.07 Å². The van der Waals surface area contributed by atoms with Crippen molar-refractivity contribution in [3.05, 3.63) is 27.3 Å². The molecule has 0 heterocycles. The van der Waals surface area contributed by atoms with Crippen molar-refractivity contribution in [3.8, 4) is 11.8 Å². The van der Waals surface area contributed by atoms with Gasteiger partial charge in [-0.3, -0.25) is 0 Å². The van der Waals surface area contributed by atoms with Crippen LogP contribution in [0.5, 0.6) is 5.75 Å². The molecule has 0 saturated heterocycles. The van der Waals surface area contributed by atoms with E-state index in [-0.39, 0.29) is 17.7 Å². The van der Waals surface area contributed by atoms with Crippen LogP contribution in [-0.2, 0) is 6.42 Å². The fourth-order valence-corrected chi connectivity index (χ4v) is 1.67. The Morgan fingerprint density at radius 2 is 2.07 bits per heavy atom. The first-order valence-electron chi connectivity index (χ1n) is 3.84. The van der Waals surface area contributed by atoms with Crippen LogP contribution < -0.4 is 4.74 Å². The van der Waals surface area contributed by atoms with E-state index >= 15 is 0 Å². The van der Waals surface area contributed by atoms with Crippen LogP contribution in [0.4, 0.5) is 13.2 Å². The summed E-state index contributed by atoms with van der Waals surface area (Å²) in [6, 6.07) is 6.07. The van der Waals surface area contributed by atoms with E-state index in [1.54, 1.807) is 12.1 Å². The molecule has 0 N–H and O–H groups in total. The molecule has 0 spiro atoms. The van der Waals surface area contributed by atoms with Gasteiger partial charge in [-0.25, -0.2) is 0 Å². The number of benzene rings is 1. The van der Waals surface area contributed by atoms with Gasteiger partial charge in [0.25, 0.3) is 0 Å². The Labute approximate surface area is 97.8 Å². The maximum absolute atomic E-state index is 12.0. The van der Waals surface area contributed by atoms with E-state index < -0.39 is 6.36 Å². The van der Waals surface area contributed by atoms with Crippen molar-refractivity contribution in [3.63, 3.8) is 0 Å². The summed E-state index contributed by atoms with van der Waals surface area (Å²) < 4.78 is 40.3. The lowest BCUT2D eigenvalue weighted by Gasteiger charge is -2.12. The molecular formula is C9H5F3INO. The second kappa shape index (κ2) is 4.70. The number of nitriles is 1. The molecule has 0 unspecified atom stereocenters. The van der Waals surface area contributed by atoms with E-state index in [2.05, 4.69) is 4.74 Å². The SMILES string of the molecule is N#CCc1c(I)cccc1OC(F)(F)F. The van der Waals surface area contributed by atoms with E-state index in [1.165, 1.54) is 12.1 Å². The summed E-state index contributed by atoms with van der Waals surface area (Å²) in [5.41, 5.74) is 0.262. The fourth-order valence-electron chi connectivity index (χ4n) is 1.01. The topological polar surface area (TPSA) is 33.0 Å². The largest absolute Gasteiger partial charge is 0.573 e. The first-order valence-corrected chi connectivity index (χ1v) is 4.92. The highest BCUT2D eigenvalue weighted by Gasteiger charge is 2.32. The smallest absolute Gasteiger partial charge is 0.405 e. The summed E-state index contributed by atoms with van der Waals surface area (Å²) in [6.45, 7) is 0. The zero-order chi connectivity index (χ0) is 11.5. The van der Waals surface area contributed by atoms with E-state index in [9.17, 15) is 13.2 Å². The Hall–Kier alpha value is -0.970. The second-order valence-electron chi connectivity index (χ2n) is 2.60. The lowest BCUT2D eigenvalue weighted by molar-refractivity contribution is -0.274. The van der Waals surface area contributed by atoms with Gasteiger partial charge in [0, 0.05) is 9.13 Å². The van der Waals surface area contributed by atoms with E-state index in [4.69, 9.17) is 5.26 Å². The van der Waals surface area contributed by atoms with Crippen LogP contribution in [0, 0.1) is 14.9 Å². The van der Waals surface area contributed by atoms with E-state index in [0.717, 1.165) is 0 Å². The molecule has 0 aliphatic carbocycles. The highest BCUT2D eigenvalue weighted by Crippen LogP contribution is 2.29. The average Bonchev–Trinajstić information content (AvgIpc) is 2.08. The normalized spacial score (nSPS) is 10.9. The predicted octanol–water partition coefficient (Wildman–Crippen LogP) is 3.26. The minimum Gasteiger partial charge on any atom is -0.405 e. The summed E-state index contributed by atoms with van der Waals surface area (Å²) in [5.74, 6) is -0.309. The van der Waals surface area contributed by atoms with Gasteiger partial charge in [0.05, 0.1) is 12.5 Å². The summed E-state index contributed by atoms with van der Waals surface area (Å²) in [5, 5.41) is 8.48. The Bertz CT molecular complexity index is 397. The molecule has 0 atom stereocenters. The first-order chi connectivity index (χ1) is 6.94. The van der Waals surface area contributed by atoms with Crippen LogP contribution in [0.3, 0.4) is 0 Å². The molecular weight excluding hydrogens is 322 g/mol. The standard InChI is InChI=1S/C9H5F3INO/c10-9(11,12)15-8-3-1-2-7(13)6(8)4-5-14/h1-3H,4H2. The Morgan fingerprint density at radius 3 is 2.60 bits per heavy atom. The highest BCUT2D eigenvalue weighted by atomic mass is 127. The molecule has 0 amide bonds. The van der Waals surface area contributed by atoms with Gasteiger partial charge in [-0.2, -0.15) is 5.26 Å².